The number of fused-ring (bicyclic) bond motifs is 1. The van der Waals surface area contributed by atoms with E-state index in [-0.39, 0.29) is 6.04 Å². The van der Waals surface area contributed by atoms with Gasteiger partial charge in [-0.1, -0.05) is 13.8 Å². The Balaban J connectivity index is 1.70. The van der Waals surface area contributed by atoms with Gasteiger partial charge in [-0.2, -0.15) is 0 Å². The van der Waals surface area contributed by atoms with Crippen molar-refractivity contribution in [2.75, 3.05) is 31.1 Å². The molecule has 1 atom stereocenters. The number of hydrogen-bond donors (Lipinski definition) is 1. The van der Waals surface area contributed by atoms with Crippen LogP contribution in [0, 0.1) is 5.92 Å². The quantitative estimate of drug-likeness (QED) is 0.905. The van der Waals surface area contributed by atoms with Gasteiger partial charge in [-0.15, -0.1) is 11.3 Å². The smallest absolute Gasteiger partial charge is 0.320 e. The van der Waals surface area contributed by atoms with Crippen molar-refractivity contribution in [1.82, 2.24) is 14.9 Å². The lowest BCUT2D eigenvalue weighted by atomic mass is 10.0. The third-order valence-corrected chi connectivity index (χ3v) is 5.10. The normalized spacial score (nSPS) is 17.8. The molecule has 3 rings (SSSR count). The zero-order valence-corrected chi connectivity index (χ0v) is 14.3. The van der Waals surface area contributed by atoms with Gasteiger partial charge in [-0.05, 0) is 23.8 Å². The van der Waals surface area contributed by atoms with E-state index in [9.17, 15) is 9.90 Å². The lowest BCUT2D eigenvalue weighted by Gasteiger charge is -2.38. The summed E-state index contributed by atoms with van der Waals surface area (Å²) in [4.78, 5) is 25.6. The van der Waals surface area contributed by atoms with E-state index in [1.807, 2.05) is 5.38 Å². The number of anilines is 1. The van der Waals surface area contributed by atoms with Crippen LogP contribution in [0.25, 0.3) is 10.2 Å². The molecule has 1 saturated heterocycles. The molecule has 124 valence electrons. The van der Waals surface area contributed by atoms with E-state index in [4.69, 9.17) is 0 Å². The highest BCUT2D eigenvalue weighted by Gasteiger charge is 2.30. The summed E-state index contributed by atoms with van der Waals surface area (Å²) in [5.74, 6) is 0.627. The molecule has 0 saturated carbocycles. The van der Waals surface area contributed by atoms with Crippen LogP contribution in [0.2, 0.25) is 0 Å². The zero-order chi connectivity index (χ0) is 16.4. The minimum absolute atomic E-state index is 0.376. The molecule has 1 fully saturated rings. The Hall–Kier alpha value is -1.73. The van der Waals surface area contributed by atoms with Crippen molar-refractivity contribution in [3.63, 3.8) is 0 Å². The molecule has 0 aromatic carbocycles. The zero-order valence-electron chi connectivity index (χ0n) is 13.5. The molecular weight excluding hydrogens is 312 g/mol. The van der Waals surface area contributed by atoms with Gasteiger partial charge in [0.05, 0.1) is 5.39 Å². The van der Waals surface area contributed by atoms with Crippen LogP contribution in [0.1, 0.15) is 20.3 Å². The molecule has 0 spiro atoms. The maximum atomic E-state index is 11.6. The highest BCUT2D eigenvalue weighted by Crippen LogP contribution is 2.27. The second kappa shape index (κ2) is 6.80. The second-order valence-corrected chi connectivity index (χ2v) is 7.24. The van der Waals surface area contributed by atoms with E-state index < -0.39 is 5.97 Å². The van der Waals surface area contributed by atoms with Gasteiger partial charge in [-0.3, -0.25) is 9.69 Å². The van der Waals surface area contributed by atoms with Gasteiger partial charge in [0.15, 0.2) is 0 Å². The Morgan fingerprint density at radius 2 is 2.04 bits per heavy atom. The summed E-state index contributed by atoms with van der Waals surface area (Å²) in [5.41, 5.74) is 0. The van der Waals surface area contributed by atoms with Crippen molar-refractivity contribution in [1.29, 1.82) is 0 Å². The highest BCUT2D eigenvalue weighted by molar-refractivity contribution is 7.16. The minimum atomic E-state index is -0.714. The van der Waals surface area contributed by atoms with Crippen LogP contribution in [0.15, 0.2) is 17.8 Å². The third-order valence-electron chi connectivity index (χ3n) is 4.27. The van der Waals surface area contributed by atoms with Crippen LogP contribution in [0.3, 0.4) is 0 Å². The van der Waals surface area contributed by atoms with Crippen molar-refractivity contribution in [3.05, 3.63) is 17.8 Å². The average molecular weight is 334 g/mol. The molecule has 0 aliphatic carbocycles. The predicted octanol–water partition coefficient (Wildman–Crippen LogP) is 2.31. The van der Waals surface area contributed by atoms with E-state index in [0.717, 1.165) is 42.2 Å². The van der Waals surface area contributed by atoms with Gasteiger partial charge in [0.25, 0.3) is 0 Å². The van der Waals surface area contributed by atoms with Gasteiger partial charge in [0.2, 0.25) is 0 Å². The number of carboxylic acids is 1. The van der Waals surface area contributed by atoms with E-state index in [1.165, 1.54) is 0 Å². The van der Waals surface area contributed by atoms with Crippen LogP contribution in [-0.2, 0) is 4.79 Å². The first-order chi connectivity index (χ1) is 11.1. The number of hydrogen-bond acceptors (Lipinski definition) is 6. The molecule has 0 bridgehead atoms. The first-order valence-electron chi connectivity index (χ1n) is 7.96. The lowest BCUT2D eigenvalue weighted by molar-refractivity contribution is -0.144. The number of carboxylic acid groups (broad SMARTS) is 1. The van der Waals surface area contributed by atoms with E-state index in [1.54, 1.807) is 17.7 Å². The van der Waals surface area contributed by atoms with Crippen molar-refractivity contribution in [2.45, 2.75) is 26.3 Å². The number of carbonyl (C=O) groups is 1. The number of aliphatic carboxylic acids is 1. The van der Waals surface area contributed by atoms with Crippen LogP contribution < -0.4 is 4.90 Å². The molecule has 1 aliphatic heterocycles. The summed E-state index contributed by atoms with van der Waals surface area (Å²) in [6.45, 7) is 7.23. The van der Waals surface area contributed by atoms with Crippen LogP contribution in [0.5, 0.6) is 0 Å². The van der Waals surface area contributed by atoms with E-state index in [2.05, 4.69) is 39.7 Å². The fourth-order valence-corrected chi connectivity index (χ4v) is 3.85. The fourth-order valence-electron chi connectivity index (χ4n) is 3.13. The fraction of sp³-hybridized carbons (Fsp3) is 0.562. The molecule has 0 radical (unpaired) electrons. The summed E-state index contributed by atoms with van der Waals surface area (Å²) in [6, 6.07) is 1.67. The molecule has 0 amide bonds. The summed E-state index contributed by atoms with van der Waals surface area (Å²) in [5, 5.41) is 12.6. The Morgan fingerprint density at radius 3 is 2.70 bits per heavy atom. The lowest BCUT2D eigenvalue weighted by Crippen LogP contribution is -2.53. The van der Waals surface area contributed by atoms with Crippen molar-refractivity contribution in [2.24, 2.45) is 5.92 Å². The first kappa shape index (κ1) is 16.1. The van der Waals surface area contributed by atoms with Gasteiger partial charge >= 0.3 is 5.97 Å². The number of piperazine rings is 1. The number of thiophene rings is 1. The van der Waals surface area contributed by atoms with Gasteiger partial charge < -0.3 is 10.0 Å². The standard InChI is InChI=1S/C16H22N4O2S/c1-11(2)9-13(16(21)22)19-4-6-20(7-5-19)14-12-3-8-23-15(12)18-10-17-14/h3,8,10-11,13H,4-7,9H2,1-2H3,(H,21,22). The number of rotatable bonds is 5. The Labute approximate surface area is 139 Å². The van der Waals surface area contributed by atoms with E-state index >= 15 is 0 Å². The van der Waals surface area contributed by atoms with Crippen LogP contribution >= 0.6 is 11.3 Å². The van der Waals surface area contributed by atoms with Crippen LogP contribution in [-0.4, -0.2) is 58.2 Å². The van der Waals surface area contributed by atoms with E-state index in [0.29, 0.717) is 12.3 Å². The molecule has 23 heavy (non-hydrogen) atoms. The van der Waals surface area contributed by atoms with Crippen molar-refractivity contribution in [3.8, 4) is 0 Å². The van der Waals surface area contributed by atoms with Gasteiger partial charge in [0.1, 0.15) is 23.0 Å². The maximum absolute atomic E-state index is 11.6. The molecule has 2 aromatic heterocycles. The highest BCUT2D eigenvalue weighted by atomic mass is 32.1. The summed E-state index contributed by atoms with van der Waals surface area (Å²) >= 11 is 1.62. The summed E-state index contributed by atoms with van der Waals surface area (Å²) in [6.07, 6.45) is 2.30. The molecule has 1 aliphatic rings. The minimum Gasteiger partial charge on any atom is -0.480 e. The Bertz CT molecular complexity index is 680. The SMILES string of the molecule is CC(C)CC(C(=O)O)N1CCN(c2ncnc3sccc23)CC1. The monoisotopic (exact) mass is 334 g/mol. The first-order valence-corrected chi connectivity index (χ1v) is 8.84. The third kappa shape index (κ3) is 3.45. The molecule has 2 aromatic rings. The summed E-state index contributed by atoms with van der Waals surface area (Å²) < 4.78 is 0. The van der Waals surface area contributed by atoms with Gasteiger partial charge in [-0.25, -0.2) is 9.97 Å². The summed E-state index contributed by atoms with van der Waals surface area (Å²) in [7, 11) is 0. The molecule has 1 N–H and O–H groups in total. The maximum Gasteiger partial charge on any atom is 0.320 e. The van der Waals surface area contributed by atoms with Crippen molar-refractivity contribution >= 4 is 33.3 Å². The molecule has 6 nitrogen and oxygen atoms in total. The molecule has 7 heteroatoms. The second-order valence-electron chi connectivity index (χ2n) is 6.34. The Morgan fingerprint density at radius 1 is 1.30 bits per heavy atom. The molecule has 1 unspecified atom stereocenters. The van der Waals surface area contributed by atoms with Crippen LogP contribution in [0.4, 0.5) is 5.82 Å². The Kier molecular flexibility index (Phi) is 4.77. The molecular formula is C16H22N4O2S. The molecule has 3 heterocycles. The van der Waals surface area contributed by atoms with Crippen molar-refractivity contribution < 1.29 is 9.90 Å². The van der Waals surface area contributed by atoms with Gasteiger partial charge in [0, 0.05) is 26.2 Å². The number of nitrogens with zero attached hydrogens (tertiary/aromatic N) is 4. The average Bonchev–Trinajstić information content (AvgIpc) is 3.01. The number of aromatic nitrogens is 2. The topological polar surface area (TPSA) is 69.6 Å². The largest absolute Gasteiger partial charge is 0.480 e. The predicted molar refractivity (Wildman–Crippen MR) is 92.1 cm³/mol.